The maximum Gasteiger partial charge on any atom is 0.293 e. The fourth-order valence-electron chi connectivity index (χ4n) is 3.34. The molecular formula is C26H22N2O4S. The van der Waals surface area contributed by atoms with Gasteiger partial charge in [-0.1, -0.05) is 60.7 Å². The molecule has 3 aromatic rings. The number of aryl methyl sites for hydroxylation is 1. The van der Waals surface area contributed by atoms with Crippen molar-refractivity contribution in [1.82, 2.24) is 4.90 Å². The number of ether oxygens (including phenoxy) is 1. The van der Waals surface area contributed by atoms with Crippen LogP contribution in [0.15, 0.2) is 83.8 Å². The molecular weight excluding hydrogens is 436 g/mol. The number of rotatable bonds is 7. The van der Waals surface area contributed by atoms with Crippen molar-refractivity contribution in [2.45, 2.75) is 13.5 Å². The largest absolute Gasteiger partial charge is 0.483 e. The molecule has 0 unspecified atom stereocenters. The first kappa shape index (κ1) is 22.4. The summed E-state index contributed by atoms with van der Waals surface area (Å²) < 4.78 is 5.72. The van der Waals surface area contributed by atoms with Crippen molar-refractivity contribution in [1.29, 1.82) is 0 Å². The van der Waals surface area contributed by atoms with E-state index in [0.717, 1.165) is 22.9 Å². The van der Waals surface area contributed by atoms with Gasteiger partial charge in [0.05, 0.1) is 11.4 Å². The van der Waals surface area contributed by atoms with E-state index in [4.69, 9.17) is 4.74 Å². The number of carbonyl (C=O) groups is 3. The number of anilines is 1. The summed E-state index contributed by atoms with van der Waals surface area (Å²) in [6.45, 7) is 1.98. The summed E-state index contributed by atoms with van der Waals surface area (Å²) >= 11 is 0.896. The average Bonchev–Trinajstić information content (AvgIpc) is 3.06. The van der Waals surface area contributed by atoms with Crippen LogP contribution in [0.25, 0.3) is 6.08 Å². The van der Waals surface area contributed by atoms with Crippen LogP contribution in [-0.2, 0) is 16.1 Å². The number of amides is 3. The highest BCUT2D eigenvalue weighted by Crippen LogP contribution is 2.34. The number of hydrogen-bond acceptors (Lipinski definition) is 5. The van der Waals surface area contributed by atoms with Crippen molar-refractivity contribution in [3.8, 4) is 5.75 Å². The first-order valence-corrected chi connectivity index (χ1v) is 11.2. The minimum atomic E-state index is -0.346. The van der Waals surface area contributed by atoms with Crippen molar-refractivity contribution in [3.05, 3.63) is 100 Å². The number of nitrogens with zero attached hydrogens (tertiary/aromatic N) is 1. The highest BCUT2D eigenvalue weighted by molar-refractivity contribution is 8.18. The number of benzene rings is 3. The molecule has 1 heterocycles. The molecule has 6 nitrogen and oxygen atoms in total. The average molecular weight is 459 g/mol. The third-order valence-electron chi connectivity index (χ3n) is 4.92. The summed E-state index contributed by atoms with van der Waals surface area (Å²) in [5.74, 6) is -0.189. The molecule has 0 aliphatic carbocycles. The van der Waals surface area contributed by atoms with Crippen molar-refractivity contribution in [2.24, 2.45) is 0 Å². The molecule has 0 aromatic heterocycles. The number of para-hydroxylation sites is 1. The van der Waals surface area contributed by atoms with Crippen molar-refractivity contribution in [2.75, 3.05) is 11.9 Å². The van der Waals surface area contributed by atoms with E-state index in [2.05, 4.69) is 5.32 Å². The van der Waals surface area contributed by atoms with E-state index in [9.17, 15) is 14.4 Å². The fraction of sp³-hybridized carbons (Fsp3) is 0.115. The fourth-order valence-corrected chi connectivity index (χ4v) is 4.17. The number of nitrogens with one attached hydrogen (secondary N) is 1. The van der Waals surface area contributed by atoms with Gasteiger partial charge in [-0.3, -0.25) is 19.3 Å². The van der Waals surface area contributed by atoms with Crippen LogP contribution in [-0.4, -0.2) is 28.6 Å². The second-order valence-electron chi connectivity index (χ2n) is 7.50. The van der Waals surface area contributed by atoms with Crippen LogP contribution in [0, 0.1) is 6.92 Å². The maximum atomic E-state index is 12.8. The van der Waals surface area contributed by atoms with E-state index >= 15 is 0 Å². The highest BCUT2D eigenvalue weighted by atomic mass is 32.2. The van der Waals surface area contributed by atoms with Gasteiger partial charge in [-0.25, -0.2) is 0 Å². The molecule has 7 heteroatoms. The molecule has 0 radical (unpaired) electrons. The Labute approximate surface area is 196 Å². The molecule has 3 aromatic carbocycles. The lowest BCUT2D eigenvalue weighted by Gasteiger charge is -2.12. The zero-order valence-corrected chi connectivity index (χ0v) is 18.8. The SMILES string of the molecule is Cc1cccc(NC(=O)COc2ccccc2/C=C2\SC(=O)N(Cc3ccccc3)C2=O)c1. The zero-order valence-electron chi connectivity index (χ0n) is 18.0. The minimum absolute atomic E-state index is 0.186. The predicted octanol–water partition coefficient (Wildman–Crippen LogP) is 5.25. The van der Waals surface area contributed by atoms with Crippen LogP contribution in [0.4, 0.5) is 10.5 Å². The molecule has 4 rings (SSSR count). The van der Waals surface area contributed by atoms with E-state index < -0.39 is 0 Å². The van der Waals surface area contributed by atoms with Crippen LogP contribution >= 0.6 is 11.8 Å². The first-order valence-electron chi connectivity index (χ1n) is 10.4. The Morgan fingerprint density at radius 3 is 2.55 bits per heavy atom. The Hall–Kier alpha value is -3.84. The molecule has 0 bridgehead atoms. The molecule has 33 heavy (non-hydrogen) atoms. The maximum absolute atomic E-state index is 12.8. The van der Waals surface area contributed by atoms with E-state index in [0.29, 0.717) is 21.9 Å². The standard InChI is InChI=1S/C26H22N2O4S/c1-18-8-7-12-21(14-18)27-24(29)17-32-22-13-6-5-11-20(22)15-23-25(30)28(26(31)33-23)16-19-9-3-2-4-10-19/h2-15H,16-17H2,1H3,(H,27,29)/b23-15-. The van der Waals surface area contributed by atoms with E-state index in [-0.39, 0.29) is 30.2 Å². The smallest absolute Gasteiger partial charge is 0.293 e. The van der Waals surface area contributed by atoms with Crippen LogP contribution < -0.4 is 10.1 Å². The van der Waals surface area contributed by atoms with Crippen LogP contribution in [0.5, 0.6) is 5.75 Å². The molecule has 3 amide bonds. The Morgan fingerprint density at radius 1 is 1.00 bits per heavy atom. The second-order valence-corrected chi connectivity index (χ2v) is 8.49. The molecule has 0 saturated carbocycles. The summed E-state index contributed by atoms with van der Waals surface area (Å²) in [6.07, 6.45) is 1.63. The van der Waals surface area contributed by atoms with Gasteiger partial charge in [0.25, 0.3) is 17.1 Å². The third kappa shape index (κ3) is 5.70. The van der Waals surface area contributed by atoms with Crippen molar-refractivity contribution in [3.63, 3.8) is 0 Å². The zero-order chi connectivity index (χ0) is 23.2. The van der Waals surface area contributed by atoms with E-state index in [1.54, 1.807) is 30.3 Å². The van der Waals surface area contributed by atoms with Gasteiger partial charge in [-0.05, 0) is 54.1 Å². The van der Waals surface area contributed by atoms with Crippen LogP contribution in [0.2, 0.25) is 0 Å². The lowest BCUT2D eigenvalue weighted by Crippen LogP contribution is -2.27. The normalized spacial score (nSPS) is 14.6. The Balaban J connectivity index is 1.44. The van der Waals surface area contributed by atoms with Gasteiger partial charge in [-0.15, -0.1) is 0 Å². The molecule has 1 aliphatic heterocycles. The first-order chi connectivity index (χ1) is 16.0. The molecule has 0 spiro atoms. The topological polar surface area (TPSA) is 75.7 Å². The number of thioether (sulfide) groups is 1. The lowest BCUT2D eigenvalue weighted by atomic mass is 10.1. The number of carbonyl (C=O) groups excluding carboxylic acids is 3. The van der Waals surface area contributed by atoms with E-state index in [1.807, 2.05) is 61.5 Å². The quantitative estimate of drug-likeness (QED) is 0.490. The van der Waals surface area contributed by atoms with Gasteiger partial charge < -0.3 is 10.1 Å². The van der Waals surface area contributed by atoms with Crippen molar-refractivity contribution >= 4 is 40.6 Å². The van der Waals surface area contributed by atoms with Crippen LogP contribution in [0.3, 0.4) is 0 Å². The molecule has 166 valence electrons. The van der Waals surface area contributed by atoms with Crippen LogP contribution in [0.1, 0.15) is 16.7 Å². The van der Waals surface area contributed by atoms with Gasteiger partial charge in [-0.2, -0.15) is 0 Å². The predicted molar refractivity (Wildman–Crippen MR) is 130 cm³/mol. The lowest BCUT2D eigenvalue weighted by molar-refractivity contribution is -0.123. The van der Waals surface area contributed by atoms with Crippen molar-refractivity contribution < 1.29 is 19.1 Å². The Morgan fingerprint density at radius 2 is 1.76 bits per heavy atom. The van der Waals surface area contributed by atoms with Gasteiger partial charge in [0, 0.05) is 11.3 Å². The molecule has 0 atom stereocenters. The molecule has 1 aliphatic rings. The molecule has 1 saturated heterocycles. The van der Waals surface area contributed by atoms with Gasteiger partial charge >= 0.3 is 0 Å². The number of hydrogen-bond donors (Lipinski definition) is 1. The van der Waals surface area contributed by atoms with Gasteiger partial charge in [0.15, 0.2) is 6.61 Å². The van der Waals surface area contributed by atoms with Gasteiger partial charge in [0.1, 0.15) is 5.75 Å². The minimum Gasteiger partial charge on any atom is -0.483 e. The summed E-state index contributed by atoms with van der Waals surface area (Å²) in [7, 11) is 0. The monoisotopic (exact) mass is 458 g/mol. The summed E-state index contributed by atoms with van der Waals surface area (Å²) in [5, 5.41) is 2.48. The summed E-state index contributed by atoms with van der Waals surface area (Å²) in [4.78, 5) is 39.1. The molecule has 1 fully saturated rings. The highest BCUT2D eigenvalue weighted by Gasteiger charge is 2.35. The third-order valence-corrected chi connectivity index (χ3v) is 5.83. The second kappa shape index (κ2) is 10.2. The Kier molecular flexibility index (Phi) is 6.90. The summed E-state index contributed by atoms with van der Waals surface area (Å²) in [5.41, 5.74) is 3.24. The Bertz CT molecular complexity index is 1220. The van der Waals surface area contributed by atoms with E-state index in [1.165, 1.54) is 4.90 Å². The molecule has 1 N–H and O–H groups in total. The summed E-state index contributed by atoms with van der Waals surface area (Å²) in [6, 6.07) is 24.0. The van der Waals surface area contributed by atoms with Gasteiger partial charge in [0.2, 0.25) is 0 Å². The number of imide groups is 1.